The molecule has 0 saturated carbocycles. The van der Waals surface area contributed by atoms with Crippen molar-refractivity contribution in [2.24, 2.45) is 0 Å². The van der Waals surface area contributed by atoms with Gasteiger partial charge in [-0.05, 0) is 31.2 Å². The van der Waals surface area contributed by atoms with Gasteiger partial charge < -0.3 is 19.5 Å². The van der Waals surface area contributed by atoms with E-state index < -0.39 is 29.6 Å². The Labute approximate surface area is 148 Å². The van der Waals surface area contributed by atoms with Crippen molar-refractivity contribution in [3.05, 3.63) is 53.6 Å². The Morgan fingerprint density at radius 1 is 0.962 bits per heavy atom. The summed E-state index contributed by atoms with van der Waals surface area (Å²) in [5, 5.41) is 2.55. The molecule has 1 amide bonds. The molecule has 0 saturated heterocycles. The van der Waals surface area contributed by atoms with Crippen LogP contribution in [0.15, 0.2) is 36.4 Å². The minimum Gasteiger partial charge on any atom is -0.493 e. The van der Waals surface area contributed by atoms with Crippen LogP contribution in [0.1, 0.15) is 17.3 Å². The van der Waals surface area contributed by atoms with Crippen LogP contribution >= 0.6 is 0 Å². The summed E-state index contributed by atoms with van der Waals surface area (Å²) < 4.78 is 41.5. The van der Waals surface area contributed by atoms with Crippen LogP contribution < -0.4 is 14.8 Å². The summed E-state index contributed by atoms with van der Waals surface area (Å²) in [6.45, 7) is 1.34. The van der Waals surface area contributed by atoms with Crippen molar-refractivity contribution in [3.8, 4) is 11.5 Å². The van der Waals surface area contributed by atoms with Crippen LogP contribution in [-0.2, 0) is 9.53 Å². The zero-order valence-corrected chi connectivity index (χ0v) is 14.3. The van der Waals surface area contributed by atoms with Gasteiger partial charge in [-0.25, -0.2) is 13.6 Å². The van der Waals surface area contributed by atoms with Crippen LogP contribution in [-0.4, -0.2) is 32.2 Å². The molecule has 2 aromatic rings. The molecule has 0 fully saturated rings. The van der Waals surface area contributed by atoms with Gasteiger partial charge in [0.05, 0.1) is 19.8 Å². The van der Waals surface area contributed by atoms with Gasteiger partial charge in [-0.3, -0.25) is 4.79 Å². The van der Waals surface area contributed by atoms with Crippen molar-refractivity contribution in [2.75, 3.05) is 19.5 Å². The monoisotopic (exact) mass is 365 g/mol. The third-order valence-electron chi connectivity index (χ3n) is 3.40. The van der Waals surface area contributed by atoms with E-state index in [-0.39, 0.29) is 5.56 Å². The first-order valence-corrected chi connectivity index (χ1v) is 7.54. The lowest BCUT2D eigenvalue weighted by Gasteiger charge is -2.15. The number of carbonyl (C=O) groups excluding carboxylic acids is 2. The number of carbonyl (C=O) groups is 2. The number of hydrogen-bond acceptors (Lipinski definition) is 5. The molecule has 0 aliphatic heterocycles. The largest absolute Gasteiger partial charge is 0.493 e. The topological polar surface area (TPSA) is 73.9 Å². The van der Waals surface area contributed by atoms with Crippen LogP contribution in [0.5, 0.6) is 11.5 Å². The second-order valence-corrected chi connectivity index (χ2v) is 5.26. The van der Waals surface area contributed by atoms with Crippen molar-refractivity contribution < 1.29 is 32.6 Å². The van der Waals surface area contributed by atoms with Gasteiger partial charge in [0.15, 0.2) is 17.6 Å². The molecule has 0 unspecified atom stereocenters. The Morgan fingerprint density at radius 3 is 2.15 bits per heavy atom. The fourth-order valence-corrected chi connectivity index (χ4v) is 2.11. The molecule has 0 heterocycles. The number of hydrogen-bond donors (Lipinski definition) is 1. The number of esters is 1. The molecular formula is C18H17F2NO5. The normalized spacial score (nSPS) is 11.4. The van der Waals surface area contributed by atoms with Gasteiger partial charge in [-0.2, -0.15) is 0 Å². The molecule has 0 bridgehead atoms. The predicted octanol–water partition coefficient (Wildman–Crippen LogP) is 3.17. The third kappa shape index (κ3) is 4.69. The van der Waals surface area contributed by atoms with E-state index in [9.17, 15) is 18.4 Å². The lowest BCUT2D eigenvalue weighted by Crippen LogP contribution is -2.30. The third-order valence-corrected chi connectivity index (χ3v) is 3.40. The zero-order valence-electron chi connectivity index (χ0n) is 14.3. The fraction of sp³-hybridized carbons (Fsp3) is 0.222. The molecule has 1 N–H and O–H groups in total. The molecule has 0 spiro atoms. The molecule has 0 aliphatic rings. The molecule has 138 valence electrons. The molecule has 2 aromatic carbocycles. The van der Waals surface area contributed by atoms with Gasteiger partial charge in [0.2, 0.25) is 0 Å². The van der Waals surface area contributed by atoms with E-state index in [1.807, 2.05) is 0 Å². The number of amides is 1. The standard InChI is InChI=1S/C18H17F2NO5/c1-10(26-18(23)11-6-12(19)8-13(20)7-11)17(22)21-14-4-5-15(24-2)16(9-14)25-3/h4-10H,1-3H3,(H,21,22)/t10-/m0/s1. The van der Waals surface area contributed by atoms with E-state index in [0.29, 0.717) is 23.3 Å². The number of methoxy groups -OCH3 is 2. The van der Waals surface area contributed by atoms with E-state index in [4.69, 9.17) is 14.2 Å². The summed E-state index contributed by atoms with van der Waals surface area (Å²) in [5.74, 6) is -2.58. The van der Waals surface area contributed by atoms with E-state index in [0.717, 1.165) is 12.1 Å². The maximum Gasteiger partial charge on any atom is 0.339 e. The zero-order chi connectivity index (χ0) is 19.3. The smallest absolute Gasteiger partial charge is 0.339 e. The number of nitrogens with one attached hydrogen (secondary N) is 1. The van der Waals surface area contributed by atoms with Crippen LogP contribution in [0.4, 0.5) is 14.5 Å². The van der Waals surface area contributed by atoms with Crippen molar-refractivity contribution in [1.29, 1.82) is 0 Å². The SMILES string of the molecule is COc1ccc(NC(=O)[C@H](C)OC(=O)c2cc(F)cc(F)c2)cc1OC. The summed E-state index contributed by atoms with van der Waals surface area (Å²) in [6.07, 6.45) is -1.19. The number of rotatable bonds is 6. The number of halogens is 2. The summed E-state index contributed by atoms with van der Waals surface area (Å²) in [4.78, 5) is 24.1. The van der Waals surface area contributed by atoms with Crippen molar-refractivity contribution in [1.82, 2.24) is 0 Å². The molecular weight excluding hydrogens is 348 g/mol. The van der Waals surface area contributed by atoms with Gasteiger partial charge >= 0.3 is 5.97 Å². The first kappa shape index (κ1) is 19.2. The van der Waals surface area contributed by atoms with E-state index in [1.54, 1.807) is 12.1 Å². The highest BCUT2D eigenvalue weighted by atomic mass is 19.1. The highest BCUT2D eigenvalue weighted by Crippen LogP contribution is 2.29. The van der Waals surface area contributed by atoms with Crippen LogP contribution in [0.25, 0.3) is 0 Å². The Hall–Kier alpha value is -3.16. The highest BCUT2D eigenvalue weighted by Gasteiger charge is 2.20. The Bertz CT molecular complexity index is 805. The summed E-state index contributed by atoms with van der Waals surface area (Å²) >= 11 is 0. The molecule has 26 heavy (non-hydrogen) atoms. The highest BCUT2D eigenvalue weighted by molar-refractivity contribution is 5.97. The second kappa shape index (κ2) is 8.28. The van der Waals surface area contributed by atoms with E-state index >= 15 is 0 Å². The molecule has 1 atom stereocenters. The van der Waals surface area contributed by atoms with Gasteiger partial charge in [-0.15, -0.1) is 0 Å². The Morgan fingerprint density at radius 2 is 1.58 bits per heavy atom. The van der Waals surface area contributed by atoms with E-state index in [1.165, 1.54) is 27.2 Å². The average Bonchev–Trinajstić information content (AvgIpc) is 2.60. The minimum absolute atomic E-state index is 0.326. The first-order chi connectivity index (χ1) is 12.3. The molecule has 0 aliphatic carbocycles. The van der Waals surface area contributed by atoms with Gasteiger partial charge in [0.25, 0.3) is 5.91 Å². The van der Waals surface area contributed by atoms with Gasteiger partial charge in [0.1, 0.15) is 11.6 Å². The second-order valence-electron chi connectivity index (χ2n) is 5.26. The van der Waals surface area contributed by atoms with Gasteiger partial charge in [0, 0.05) is 17.8 Å². The maximum absolute atomic E-state index is 13.2. The lowest BCUT2D eigenvalue weighted by molar-refractivity contribution is -0.123. The maximum atomic E-state index is 13.2. The van der Waals surface area contributed by atoms with Crippen molar-refractivity contribution in [3.63, 3.8) is 0 Å². The van der Waals surface area contributed by atoms with Crippen LogP contribution in [0.3, 0.4) is 0 Å². The van der Waals surface area contributed by atoms with E-state index in [2.05, 4.69) is 5.32 Å². The molecule has 2 rings (SSSR count). The van der Waals surface area contributed by atoms with Gasteiger partial charge in [-0.1, -0.05) is 0 Å². The minimum atomic E-state index is -1.19. The summed E-state index contributed by atoms with van der Waals surface area (Å²) in [6, 6.07) is 6.99. The predicted molar refractivity (Wildman–Crippen MR) is 89.4 cm³/mol. The first-order valence-electron chi connectivity index (χ1n) is 7.54. The van der Waals surface area contributed by atoms with Crippen molar-refractivity contribution >= 4 is 17.6 Å². The van der Waals surface area contributed by atoms with Crippen LogP contribution in [0.2, 0.25) is 0 Å². The average molecular weight is 365 g/mol. The molecule has 0 radical (unpaired) electrons. The number of ether oxygens (including phenoxy) is 3. The summed E-state index contributed by atoms with van der Waals surface area (Å²) in [7, 11) is 2.93. The molecule has 8 heteroatoms. The Kier molecular flexibility index (Phi) is 6.11. The number of benzene rings is 2. The Balaban J connectivity index is 2.04. The lowest BCUT2D eigenvalue weighted by atomic mass is 10.2. The van der Waals surface area contributed by atoms with Crippen molar-refractivity contribution in [2.45, 2.75) is 13.0 Å². The molecule has 0 aromatic heterocycles. The molecule has 6 nitrogen and oxygen atoms in total. The quantitative estimate of drug-likeness (QED) is 0.796. The number of anilines is 1. The summed E-state index contributed by atoms with van der Waals surface area (Å²) in [5.41, 5.74) is 0.0700. The van der Waals surface area contributed by atoms with Crippen LogP contribution in [0, 0.1) is 11.6 Å². The fourth-order valence-electron chi connectivity index (χ4n) is 2.11.